The van der Waals surface area contributed by atoms with Crippen molar-refractivity contribution < 1.29 is 21.4 Å². The molecule has 0 fully saturated rings. The molecule has 0 aliphatic carbocycles. The molecular formula is C7H14F2O3S. The zero-order valence-corrected chi connectivity index (χ0v) is 8.53. The van der Waals surface area contributed by atoms with Gasteiger partial charge in [0, 0.05) is 6.42 Å². The minimum absolute atomic E-state index is 0.0189. The Balaban J connectivity index is 3.39. The van der Waals surface area contributed by atoms with Crippen molar-refractivity contribution in [2.45, 2.75) is 32.1 Å². The van der Waals surface area contributed by atoms with Crippen molar-refractivity contribution in [3.63, 3.8) is 0 Å². The third kappa shape index (κ3) is 11.8. The van der Waals surface area contributed by atoms with Crippen LogP contribution in [0.2, 0.25) is 0 Å². The van der Waals surface area contributed by atoms with Crippen LogP contribution in [-0.2, 0) is 14.3 Å². The molecule has 0 rings (SSSR count). The molecule has 0 aromatic rings. The molecule has 0 saturated heterocycles. The van der Waals surface area contributed by atoms with Gasteiger partial charge in [0.2, 0.25) is 5.92 Å². The topological polar surface area (TPSA) is 43.4 Å². The maximum absolute atomic E-state index is 12.2. The molecule has 0 N–H and O–H groups in total. The molecule has 80 valence electrons. The van der Waals surface area contributed by atoms with Crippen LogP contribution in [0.25, 0.3) is 0 Å². The Morgan fingerprint density at radius 2 is 1.85 bits per heavy atom. The van der Waals surface area contributed by atoms with Crippen molar-refractivity contribution in [2.24, 2.45) is 0 Å². The number of unbranched alkanes of at least 4 members (excludes halogenated alkanes) is 1. The number of alkyl halides is 2. The fourth-order valence-corrected chi connectivity index (χ4v) is 1.17. The predicted molar refractivity (Wildman–Crippen MR) is 45.3 cm³/mol. The highest BCUT2D eigenvalue weighted by Crippen LogP contribution is 2.19. The molecule has 0 radical (unpaired) electrons. The molecule has 13 heavy (non-hydrogen) atoms. The van der Waals surface area contributed by atoms with Crippen LogP contribution in [0.5, 0.6) is 0 Å². The van der Waals surface area contributed by atoms with Crippen molar-refractivity contribution in [3.05, 3.63) is 0 Å². The van der Waals surface area contributed by atoms with Gasteiger partial charge in [-0.25, -0.2) is 8.78 Å². The van der Waals surface area contributed by atoms with Crippen LogP contribution in [-0.4, -0.2) is 27.2 Å². The van der Waals surface area contributed by atoms with Gasteiger partial charge in [-0.15, -0.1) is 0 Å². The van der Waals surface area contributed by atoms with Crippen LogP contribution in [0, 0.1) is 0 Å². The first-order chi connectivity index (χ1) is 5.71. The second kappa shape index (κ2) is 4.85. The molecule has 0 aliphatic rings. The Labute approximate surface area is 77.2 Å². The van der Waals surface area contributed by atoms with E-state index >= 15 is 0 Å². The van der Waals surface area contributed by atoms with Gasteiger partial charge in [-0.05, 0) is 19.8 Å². The van der Waals surface area contributed by atoms with E-state index in [1.807, 2.05) is 0 Å². The van der Waals surface area contributed by atoms with Gasteiger partial charge in [-0.1, -0.05) is 0 Å². The van der Waals surface area contributed by atoms with Crippen molar-refractivity contribution in [1.82, 2.24) is 0 Å². The molecule has 0 amide bonds. The Bertz CT molecular complexity index is 231. The summed E-state index contributed by atoms with van der Waals surface area (Å²) in [7, 11) is -3.43. The lowest BCUT2D eigenvalue weighted by molar-refractivity contribution is 0.00981. The Morgan fingerprint density at radius 3 is 2.23 bits per heavy atom. The van der Waals surface area contributed by atoms with Crippen LogP contribution >= 0.6 is 0 Å². The van der Waals surface area contributed by atoms with Gasteiger partial charge in [-0.2, -0.15) is 8.42 Å². The molecule has 6 heteroatoms. The van der Waals surface area contributed by atoms with Crippen molar-refractivity contribution in [1.29, 1.82) is 0 Å². The van der Waals surface area contributed by atoms with Crippen LogP contribution in [0.4, 0.5) is 8.78 Å². The lowest BCUT2D eigenvalue weighted by Gasteiger charge is -2.08. The second-order valence-corrected chi connectivity index (χ2v) is 4.70. The first-order valence-corrected chi connectivity index (χ1v) is 5.74. The van der Waals surface area contributed by atoms with E-state index in [4.69, 9.17) is 0 Å². The van der Waals surface area contributed by atoms with Crippen molar-refractivity contribution in [3.8, 4) is 0 Å². The SMILES string of the molecule is CC(F)(F)CCCCOS(C)(=O)=O. The first kappa shape index (κ1) is 12.8. The average molecular weight is 216 g/mol. The van der Waals surface area contributed by atoms with E-state index < -0.39 is 16.0 Å². The van der Waals surface area contributed by atoms with Crippen LogP contribution < -0.4 is 0 Å². The van der Waals surface area contributed by atoms with Crippen molar-refractivity contribution in [2.75, 3.05) is 12.9 Å². The Morgan fingerprint density at radius 1 is 1.31 bits per heavy atom. The molecule has 3 nitrogen and oxygen atoms in total. The van der Waals surface area contributed by atoms with Crippen LogP contribution in [0.15, 0.2) is 0 Å². The lowest BCUT2D eigenvalue weighted by atomic mass is 10.2. The standard InChI is InChI=1S/C7H14F2O3S/c1-7(8,9)5-3-4-6-12-13(2,10)11/h3-6H2,1-2H3. The summed E-state index contributed by atoms with van der Waals surface area (Å²) in [5.74, 6) is -2.68. The van der Waals surface area contributed by atoms with E-state index in [2.05, 4.69) is 4.18 Å². The molecule has 0 atom stereocenters. The molecule has 0 saturated carbocycles. The fraction of sp³-hybridized carbons (Fsp3) is 1.00. The quantitative estimate of drug-likeness (QED) is 0.502. The van der Waals surface area contributed by atoms with E-state index in [1.54, 1.807) is 0 Å². The zero-order chi connectivity index (χ0) is 10.5. The predicted octanol–water partition coefficient (Wildman–Crippen LogP) is 1.79. The monoisotopic (exact) mass is 216 g/mol. The maximum Gasteiger partial charge on any atom is 0.264 e. The smallest absolute Gasteiger partial charge is 0.264 e. The number of hydrogen-bond acceptors (Lipinski definition) is 3. The maximum atomic E-state index is 12.2. The van der Waals surface area contributed by atoms with Gasteiger partial charge in [0.25, 0.3) is 10.1 Å². The highest BCUT2D eigenvalue weighted by molar-refractivity contribution is 7.85. The molecule has 0 aromatic carbocycles. The number of hydrogen-bond donors (Lipinski definition) is 0. The number of halogens is 2. The van der Waals surface area contributed by atoms with E-state index in [9.17, 15) is 17.2 Å². The second-order valence-electron chi connectivity index (χ2n) is 3.05. The summed E-state index contributed by atoms with van der Waals surface area (Å²) in [6.45, 7) is 0.819. The molecule has 0 aromatic heterocycles. The van der Waals surface area contributed by atoms with Gasteiger partial charge in [0.1, 0.15) is 0 Å². The third-order valence-electron chi connectivity index (χ3n) is 1.31. The fourth-order valence-electron chi connectivity index (χ4n) is 0.748. The van der Waals surface area contributed by atoms with Crippen LogP contribution in [0.3, 0.4) is 0 Å². The molecule has 0 heterocycles. The summed E-state index contributed by atoms with van der Waals surface area (Å²) in [5, 5.41) is 0. The number of rotatable bonds is 6. The lowest BCUT2D eigenvalue weighted by Crippen LogP contribution is -2.10. The minimum Gasteiger partial charge on any atom is -0.270 e. The van der Waals surface area contributed by atoms with Gasteiger partial charge in [0.05, 0.1) is 12.9 Å². The molecule has 0 spiro atoms. The largest absolute Gasteiger partial charge is 0.270 e. The first-order valence-electron chi connectivity index (χ1n) is 3.93. The summed E-state index contributed by atoms with van der Waals surface area (Å²) < 4.78 is 49.7. The minimum atomic E-state index is -3.43. The van der Waals surface area contributed by atoms with E-state index in [1.165, 1.54) is 0 Å². The normalized spacial score (nSPS) is 13.2. The summed E-state index contributed by atoms with van der Waals surface area (Å²) >= 11 is 0. The van der Waals surface area contributed by atoms with E-state index in [-0.39, 0.29) is 19.4 Å². The average Bonchev–Trinajstić information content (AvgIpc) is 1.81. The van der Waals surface area contributed by atoms with Crippen molar-refractivity contribution >= 4 is 10.1 Å². The molecule has 0 aliphatic heterocycles. The third-order valence-corrected chi connectivity index (χ3v) is 1.90. The van der Waals surface area contributed by atoms with E-state index in [0.717, 1.165) is 13.2 Å². The zero-order valence-electron chi connectivity index (χ0n) is 7.72. The van der Waals surface area contributed by atoms with Gasteiger partial charge in [0.15, 0.2) is 0 Å². The Kier molecular flexibility index (Phi) is 4.77. The highest BCUT2D eigenvalue weighted by atomic mass is 32.2. The van der Waals surface area contributed by atoms with Crippen LogP contribution in [0.1, 0.15) is 26.2 Å². The summed E-state index contributed by atoms with van der Waals surface area (Å²) in [5.41, 5.74) is 0. The van der Waals surface area contributed by atoms with E-state index in [0.29, 0.717) is 6.42 Å². The Hall–Kier alpha value is -0.230. The highest BCUT2D eigenvalue weighted by Gasteiger charge is 2.19. The summed E-state index contributed by atoms with van der Waals surface area (Å²) in [6.07, 6.45) is 1.29. The van der Waals surface area contributed by atoms with Gasteiger partial charge < -0.3 is 0 Å². The molecular weight excluding hydrogens is 202 g/mol. The summed E-state index contributed by atoms with van der Waals surface area (Å²) in [6, 6.07) is 0. The molecule has 0 unspecified atom stereocenters. The van der Waals surface area contributed by atoms with Gasteiger partial charge in [-0.3, -0.25) is 4.18 Å². The molecule has 0 bridgehead atoms. The van der Waals surface area contributed by atoms with Gasteiger partial charge >= 0.3 is 0 Å². The summed E-state index contributed by atoms with van der Waals surface area (Å²) in [4.78, 5) is 0.